The Morgan fingerprint density at radius 3 is 1.91 bits per heavy atom. The number of benzene rings is 2. The Morgan fingerprint density at radius 1 is 0.744 bits per heavy atom. The molecule has 0 amide bonds. The van der Waals surface area contributed by atoms with Crippen molar-refractivity contribution < 1.29 is 54.1 Å². The van der Waals surface area contributed by atoms with E-state index in [1.807, 2.05) is 6.92 Å². The Kier molecular flexibility index (Phi) is 9.58. The molecule has 12 heteroatoms. The van der Waals surface area contributed by atoms with Gasteiger partial charge in [-0.1, -0.05) is 19.1 Å². The van der Waals surface area contributed by atoms with Crippen LogP contribution in [0.3, 0.4) is 0 Å². The van der Waals surface area contributed by atoms with Crippen LogP contribution in [0.1, 0.15) is 69.8 Å². The molecule has 2 aliphatic carbocycles. The van der Waals surface area contributed by atoms with Gasteiger partial charge in [-0.3, -0.25) is 0 Å². The van der Waals surface area contributed by atoms with Crippen molar-refractivity contribution in [3.63, 3.8) is 0 Å². The van der Waals surface area contributed by atoms with Crippen LogP contribution >= 0.6 is 0 Å². The lowest BCUT2D eigenvalue weighted by atomic mass is 9.80. The molecule has 43 heavy (non-hydrogen) atoms. The van der Waals surface area contributed by atoms with E-state index in [1.165, 1.54) is 12.1 Å². The second-order valence-electron chi connectivity index (χ2n) is 12.0. The molecule has 2 aromatic carbocycles. The van der Waals surface area contributed by atoms with Crippen LogP contribution in [-0.2, 0) is 14.2 Å². The summed E-state index contributed by atoms with van der Waals surface area (Å²) in [6, 6.07) is 5.18. The molecule has 2 saturated carbocycles. The zero-order valence-electron chi connectivity index (χ0n) is 23.6. The summed E-state index contributed by atoms with van der Waals surface area (Å²) in [7, 11) is 0. The largest absolute Gasteiger partial charge is 0.573 e. The number of alkyl halides is 5. The summed E-state index contributed by atoms with van der Waals surface area (Å²) in [5.74, 6) is -6.28. The van der Waals surface area contributed by atoms with Gasteiger partial charge in [0.25, 0.3) is 0 Å². The predicted molar refractivity (Wildman–Crippen MR) is 140 cm³/mol. The summed E-state index contributed by atoms with van der Waals surface area (Å²) in [4.78, 5) is 0. The minimum atomic E-state index is -5.30. The molecule has 0 spiro atoms. The number of hydrogen-bond acceptors (Lipinski definition) is 4. The Morgan fingerprint density at radius 2 is 1.35 bits per heavy atom. The SMILES string of the molecule is CC1COC(C2CCC(C(F)(F)OC3CCC(c4ccc(-c5cc(F)c(OC(F)(F)F)c(F)c5)c(F)c4)CC3)CC2)OC1. The normalized spacial score (nSPS) is 29.0. The molecule has 1 heterocycles. The van der Waals surface area contributed by atoms with Gasteiger partial charge in [0.05, 0.1) is 25.2 Å². The van der Waals surface area contributed by atoms with E-state index in [0.29, 0.717) is 88.2 Å². The van der Waals surface area contributed by atoms with Crippen LogP contribution in [0.4, 0.5) is 35.1 Å². The molecule has 4 nitrogen and oxygen atoms in total. The van der Waals surface area contributed by atoms with Crippen LogP contribution < -0.4 is 4.74 Å². The lowest BCUT2D eigenvalue weighted by molar-refractivity contribution is -0.305. The Bertz CT molecular complexity index is 1220. The standard InChI is InChI=1S/C31H34F8O4/c1-17-15-40-29(41-16-17)19-2-7-22(8-3-19)30(35,36)42-23-9-4-18(5-10-23)20-6-11-24(25(32)12-20)21-13-26(33)28(27(34)14-21)43-31(37,38)39/h6,11-14,17-19,22-23,29H,2-5,7-10,15-16H2,1H3. The van der Waals surface area contributed by atoms with E-state index in [9.17, 15) is 26.3 Å². The fourth-order valence-electron chi connectivity index (χ4n) is 6.39. The molecule has 0 radical (unpaired) electrons. The third-order valence-corrected chi connectivity index (χ3v) is 8.71. The van der Waals surface area contributed by atoms with E-state index in [4.69, 9.17) is 14.2 Å². The van der Waals surface area contributed by atoms with Crippen LogP contribution in [0.25, 0.3) is 11.1 Å². The highest BCUT2D eigenvalue weighted by atomic mass is 19.4. The summed E-state index contributed by atoms with van der Waals surface area (Å²) in [6.07, 6.45) is -6.03. The fraction of sp³-hybridized carbons (Fsp3) is 0.613. The topological polar surface area (TPSA) is 36.9 Å². The quantitative estimate of drug-likeness (QED) is 0.289. The van der Waals surface area contributed by atoms with Gasteiger partial charge in [0.1, 0.15) is 5.82 Å². The van der Waals surface area contributed by atoms with Crippen LogP contribution in [0, 0.1) is 35.2 Å². The first kappa shape index (κ1) is 32.0. The van der Waals surface area contributed by atoms with Crippen molar-refractivity contribution in [1.29, 1.82) is 0 Å². The molecule has 0 aromatic heterocycles. The summed E-state index contributed by atoms with van der Waals surface area (Å²) in [5, 5.41) is 0. The van der Waals surface area contributed by atoms with Crippen LogP contribution in [-0.4, -0.2) is 38.1 Å². The second-order valence-corrected chi connectivity index (χ2v) is 12.0. The van der Waals surface area contributed by atoms with Crippen molar-refractivity contribution >= 4 is 0 Å². The van der Waals surface area contributed by atoms with Crippen molar-refractivity contribution in [2.75, 3.05) is 13.2 Å². The first-order valence-electron chi connectivity index (χ1n) is 14.6. The van der Waals surface area contributed by atoms with Crippen molar-refractivity contribution in [2.45, 2.75) is 89.1 Å². The summed E-state index contributed by atoms with van der Waals surface area (Å²) < 4.78 is 131. The highest BCUT2D eigenvalue weighted by Crippen LogP contribution is 2.44. The van der Waals surface area contributed by atoms with Gasteiger partial charge >= 0.3 is 12.5 Å². The molecular formula is C31H34F8O4. The third kappa shape index (κ3) is 7.81. The van der Waals surface area contributed by atoms with Gasteiger partial charge < -0.3 is 18.9 Å². The average molecular weight is 623 g/mol. The van der Waals surface area contributed by atoms with Crippen molar-refractivity contribution in [3.05, 3.63) is 53.3 Å². The van der Waals surface area contributed by atoms with E-state index in [2.05, 4.69) is 4.74 Å². The second kappa shape index (κ2) is 12.9. The van der Waals surface area contributed by atoms with Gasteiger partial charge in [0, 0.05) is 17.4 Å². The lowest BCUT2D eigenvalue weighted by Crippen LogP contribution is -2.42. The van der Waals surface area contributed by atoms with E-state index in [0.717, 1.165) is 0 Å². The zero-order chi connectivity index (χ0) is 30.9. The van der Waals surface area contributed by atoms with Crippen molar-refractivity contribution in [1.82, 2.24) is 0 Å². The zero-order valence-corrected chi connectivity index (χ0v) is 23.6. The predicted octanol–water partition coefficient (Wildman–Crippen LogP) is 9.12. The maximum atomic E-state index is 15.1. The van der Waals surface area contributed by atoms with Crippen LogP contribution in [0.5, 0.6) is 5.75 Å². The molecule has 0 bridgehead atoms. The molecule has 2 aromatic rings. The first-order valence-corrected chi connectivity index (χ1v) is 14.6. The van der Waals surface area contributed by atoms with E-state index in [1.54, 1.807) is 6.07 Å². The van der Waals surface area contributed by atoms with Crippen LogP contribution in [0.15, 0.2) is 30.3 Å². The highest BCUT2D eigenvalue weighted by Gasteiger charge is 2.46. The molecule has 0 unspecified atom stereocenters. The van der Waals surface area contributed by atoms with Gasteiger partial charge in [-0.05, 0) is 86.6 Å². The summed E-state index contributed by atoms with van der Waals surface area (Å²) in [6.45, 7) is 3.26. The van der Waals surface area contributed by atoms with Gasteiger partial charge in [0.2, 0.25) is 5.75 Å². The molecule has 5 rings (SSSR count). The Balaban J connectivity index is 1.14. The molecule has 0 N–H and O–H groups in total. The lowest BCUT2D eigenvalue weighted by Gasteiger charge is -2.39. The number of hydrogen-bond donors (Lipinski definition) is 0. The maximum absolute atomic E-state index is 15.1. The number of halogens is 8. The van der Waals surface area contributed by atoms with E-state index in [-0.39, 0.29) is 29.3 Å². The molecule has 3 aliphatic rings. The minimum absolute atomic E-state index is 0.0996. The molecule has 0 atom stereocenters. The highest BCUT2D eigenvalue weighted by molar-refractivity contribution is 5.66. The molecule has 1 saturated heterocycles. The monoisotopic (exact) mass is 622 g/mol. The Hall–Kier alpha value is -2.44. The van der Waals surface area contributed by atoms with Crippen molar-refractivity contribution in [2.24, 2.45) is 17.8 Å². The van der Waals surface area contributed by atoms with Gasteiger partial charge in [-0.25, -0.2) is 13.2 Å². The smallest absolute Gasteiger partial charge is 0.399 e. The molecule has 238 valence electrons. The molecular weight excluding hydrogens is 588 g/mol. The fourth-order valence-corrected chi connectivity index (χ4v) is 6.39. The summed E-state index contributed by atoms with van der Waals surface area (Å²) >= 11 is 0. The maximum Gasteiger partial charge on any atom is 0.573 e. The van der Waals surface area contributed by atoms with E-state index >= 15 is 8.78 Å². The van der Waals surface area contributed by atoms with E-state index < -0.39 is 47.7 Å². The number of ether oxygens (including phenoxy) is 4. The Labute approximate surface area is 244 Å². The van der Waals surface area contributed by atoms with Crippen molar-refractivity contribution in [3.8, 4) is 16.9 Å². The first-order chi connectivity index (χ1) is 20.3. The molecule has 1 aliphatic heterocycles. The minimum Gasteiger partial charge on any atom is -0.399 e. The molecule has 3 fully saturated rings. The third-order valence-electron chi connectivity index (χ3n) is 8.71. The van der Waals surface area contributed by atoms with Gasteiger partial charge in [-0.15, -0.1) is 13.2 Å². The summed E-state index contributed by atoms with van der Waals surface area (Å²) in [5.41, 5.74) is 0.0855. The average Bonchev–Trinajstić information content (AvgIpc) is 2.95. The van der Waals surface area contributed by atoms with Gasteiger partial charge in [-0.2, -0.15) is 8.78 Å². The van der Waals surface area contributed by atoms with Crippen LogP contribution in [0.2, 0.25) is 0 Å². The number of rotatable bonds is 7. The van der Waals surface area contributed by atoms with Gasteiger partial charge in [0.15, 0.2) is 17.9 Å².